The van der Waals surface area contributed by atoms with Crippen LogP contribution >= 0.6 is 0 Å². The van der Waals surface area contributed by atoms with E-state index in [1.807, 2.05) is 0 Å². The molecule has 1 amide bonds. The van der Waals surface area contributed by atoms with Crippen LogP contribution < -0.4 is 14.8 Å². The Morgan fingerprint density at radius 3 is 2.63 bits per heavy atom. The monoisotopic (exact) mass is 422 g/mol. The molecule has 3 rings (SSSR count). The number of ether oxygens (including phenoxy) is 2. The second kappa shape index (κ2) is 9.84. The molecule has 5 nitrogen and oxygen atoms in total. The Labute approximate surface area is 173 Å². The Kier molecular flexibility index (Phi) is 7.20. The lowest BCUT2D eigenvalue weighted by Gasteiger charge is -2.38. The second-order valence-electron chi connectivity index (χ2n) is 7.21. The van der Waals surface area contributed by atoms with Gasteiger partial charge in [-0.3, -0.25) is 9.69 Å². The summed E-state index contributed by atoms with van der Waals surface area (Å²) in [5.74, 6) is -3.08. The summed E-state index contributed by atoms with van der Waals surface area (Å²) in [4.78, 5) is 14.1. The predicted octanol–water partition coefficient (Wildman–Crippen LogP) is 3.74. The number of hydrogen-bond acceptors (Lipinski definition) is 4. The number of carbonyl (C=O) groups excluding carboxylic acids is 1. The van der Waals surface area contributed by atoms with Gasteiger partial charge in [0.1, 0.15) is 17.3 Å². The molecule has 1 atom stereocenters. The molecule has 1 fully saturated rings. The number of alkyl halides is 2. The van der Waals surface area contributed by atoms with Crippen molar-refractivity contribution in [3.05, 3.63) is 59.9 Å². The van der Waals surface area contributed by atoms with Crippen LogP contribution in [0.15, 0.2) is 48.5 Å². The molecule has 0 saturated carbocycles. The SMILES string of the molecule is COc1ccccc1C(=O)NC1CCN(CCCOc2ccc(F)cc2)CC1(F)F. The summed E-state index contributed by atoms with van der Waals surface area (Å²) in [7, 11) is 1.43. The third-order valence-electron chi connectivity index (χ3n) is 5.04. The fourth-order valence-electron chi connectivity index (χ4n) is 3.46. The van der Waals surface area contributed by atoms with Gasteiger partial charge in [0.15, 0.2) is 0 Å². The van der Waals surface area contributed by atoms with Crippen molar-refractivity contribution in [2.24, 2.45) is 0 Å². The smallest absolute Gasteiger partial charge is 0.280 e. The predicted molar refractivity (Wildman–Crippen MR) is 107 cm³/mol. The molecule has 1 unspecified atom stereocenters. The highest BCUT2D eigenvalue weighted by Gasteiger charge is 2.45. The molecule has 0 bridgehead atoms. The first kappa shape index (κ1) is 22.0. The number of benzene rings is 2. The first-order chi connectivity index (χ1) is 14.4. The van der Waals surface area contributed by atoms with Gasteiger partial charge in [0.25, 0.3) is 11.8 Å². The standard InChI is InChI=1S/C22H25F3N2O3/c1-29-19-6-3-2-5-18(19)21(28)26-20-11-13-27(15-22(20,24)25)12-4-14-30-17-9-7-16(23)8-10-17/h2-3,5-10,20H,4,11-15H2,1H3,(H,26,28). The van der Waals surface area contributed by atoms with Gasteiger partial charge in [-0.2, -0.15) is 0 Å². The van der Waals surface area contributed by atoms with Gasteiger partial charge in [0.2, 0.25) is 0 Å². The zero-order valence-corrected chi connectivity index (χ0v) is 16.7. The third kappa shape index (κ3) is 5.66. The van der Waals surface area contributed by atoms with Crippen LogP contribution in [0.2, 0.25) is 0 Å². The van der Waals surface area contributed by atoms with Gasteiger partial charge in [-0.05, 0) is 49.2 Å². The van der Waals surface area contributed by atoms with E-state index in [0.29, 0.717) is 37.6 Å². The van der Waals surface area contributed by atoms with Crippen LogP contribution in [0.25, 0.3) is 0 Å². The van der Waals surface area contributed by atoms with Crippen molar-refractivity contribution in [1.29, 1.82) is 0 Å². The molecule has 162 valence electrons. The molecule has 0 aromatic heterocycles. The third-order valence-corrected chi connectivity index (χ3v) is 5.04. The van der Waals surface area contributed by atoms with Crippen molar-refractivity contribution in [2.75, 3.05) is 33.4 Å². The molecular weight excluding hydrogens is 397 g/mol. The maximum Gasteiger partial charge on any atom is 0.280 e. The fourth-order valence-corrected chi connectivity index (χ4v) is 3.46. The van der Waals surface area contributed by atoms with Gasteiger partial charge in [-0.15, -0.1) is 0 Å². The summed E-state index contributed by atoms with van der Waals surface area (Å²) in [6.45, 7) is 0.815. The lowest BCUT2D eigenvalue weighted by Crippen LogP contribution is -2.58. The van der Waals surface area contributed by atoms with Crippen LogP contribution in [-0.2, 0) is 0 Å². The maximum atomic E-state index is 14.6. The highest BCUT2D eigenvalue weighted by molar-refractivity contribution is 5.97. The first-order valence-corrected chi connectivity index (χ1v) is 9.81. The number of nitrogens with zero attached hydrogens (tertiary/aromatic N) is 1. The number of hydrogen-bond donors (Lipinski definition) is 1. The highest BCUT2D eigenvalue weighted by Crippen LogP contribution is 2.28. The van der Waals surface area contributed by atoms with Crippen LogP contribution in [0.1, 0.15) is 23.2 Å². The number of carbonyl (C=O) groups is 1. The molecule has 1 N–H and O–H groups in total. The molecule has 0 radical (unpaired) electrons. The average Bonchev–Trinajstić information content (AvgIpc) is 2.74. The molecule has 0 aliphatic carbocycles. The normalized spacial score (nSPS) is 18.6. The molecule has 2 aromatic carbocycles. The van der Waals surface area contributed by atoms with E-state index in [-0.39, 0.29) is 17.8 Å². The summed E-state index contributed by atoms with van der Waals surface area (Å²) in [5, 5.41) is 2.46. The molecule has 1 aliphatic heterocycles. The molecule has 1 saturated heterocycles. The van der Waals surface area contributed by atoms with E-state index < -0.39 is 24.4 Å². The minimum absolute atomic E-state index is 0.146. The van der Waals surface area contributed by atoms with E-state index in [1.54, 1.807) is 29.2 Å². The number of likely N-dealkylation sites (tertiary alicyclic amines) is 1. The number of nitrogens with one attached hydrogen (secondary N) is 1. The number of para-hydroxylation sites is 1. The van der Waals surface area contributed by atoms with E-state index in [0.717, 1.165) is 0 Å². The van der Waals surface area contributed by atoms with Crippen LogP contribution in [0.3, 0.4) is 0 Å². The van der Waals surface area contributed by atoms with Crippen molar-refractivity contribution in [1.82, 2.24) is 10.2 Å². The van der Waals surface area contributed by atoms with Gasteiger partial charge in [0, 0.05) is 13.1 Å². The van der Waals surface area contributed by atoms with Gasteiger partial charge in [-0.1, -0.05) is 12.1 Å². The zero-order chi connectivity index (χ0) is 21.6. The van der Waals surface area contributed by atoms with Crippen LogP contribution in [0.5, 0.6) is 11.5 Å². The van der Waals surface area contributed by atoms with Crippen molar-refractivity contribution >= 4 is 5.91 Å². The quantitative estimate of drug-likeness (QED) is 0.659. The minimum atomic E-state index is -3.05. The average molecular weight is 422 g/mol. The molecule has 0 spiro atoms. The van der Waals surface area contributed by atoms with Crippen molar-refractivity contribution in [3.8, 4) is 11.5 Å². The molecular formula is C22H25F3N2O3. The Balaban J connectivity index is 1.46. The summed E-state index contributed by atoms with van der Waals surface area (Å²) in [6, 6.07) is 11.0. The van der Waals surface area contributed by atoms with Crippen LogP contribution in [-0.4, -0.2) is 56.1 Å². The number of methoxy groups -OCH3 is 1. The lowest BCUT2D eigenvalue weighted by molar-refractivity contribution is -0.0879. The summed E-state index contributed by atoms with van der Waals surface area (Å²) in [5.41, 5.74) is 0.233. The van der Waals surface area contributed by atoms with Crippen molar-refractivity contribution < 1.29 is 27.4 Å². The summed E-state index contributed by atoms with van der Waals surface area (Å²) in [6.07, 6.45) is 0.707. The number of amides is 1. The Bertz CT molecular complexity index is 846. The van der Waals surface area contributed by atoms with E-state index in [9.17, 15) is 18.0 Å². The Morgan fingerprint density at radius 2 is 1.93 bits per heavy atom. The van der Waals surface area contributed by atoms with E-state index in [4.69, 9.17) is 9.47 Å². The molecule has 1 aliphatic rings. The van der Waals surface area contributed by atoms with Crippen LogP contribution in [0, 0.1) is 5.82 Å². The van der Waals surface area contributed by atoms with Gasteiger partial charge in [0.05, 0.1) is 31.9 Å². The number of halogens is 3. The van der Waals surface area contributed by atoms with E-state index >= 15 is 0 Å². The minimum Gasteiger partial charge on any atom is -0.496 e. The molecule has 2 aromatic rings. The molecule has 1 heterocycles. The number of rotatable bonds is 8. The van der Waals surface area contributed by atoms with Crippen molar-refractivity contribution in [2.45, 2.75) is 24.8 Å². The lowest BCUT2D eigenvalue weighted by atomic mass is 9.99. The van der Waals surface area contributed by atoms with Gasteiger partial charge < -0.3 is 14.8 Å². The maximum absolute atomic E-state index is 14.6. The highest BCUT2D eigenvalue weighted by atomic mass is 19.3. The van der Waals surface area contributed by atoms with Crippen LogP contribution in [0.4, 0.5) is 13.2 Å². The molecule has 30 heavy (non-hydrogen) atoms. The second-order valence-corrected chi connectivity index (χ2v) is 7.21. The largest absolute Gasteiger partial charge is 0.496 e. The zero-order valence-electron chi connectivity index (χ0n) is 16.7. The van der Waals surface area contributed by atoms with Crippen molar-refractivity contribution in [3.63, 3.8) is 0 Å². The first-order valence-electron chi connectivity index (χ1n) is 9.81. The van der Waals surface area contributed by atoms with E-state index in [1.165, 1.54) is 31.4 Å². The molecule has 8 heteroatoms. The fraction of sp³-hybridized carbons (Fsp3) is 0.409. The summed E-state index contributed by atoms with van der Waals surface area (Å²) < 4.78 is 52.8. The van der Waals surface area contributed by atoms with E-state index in [2.05, 4.69) is 5.32 Å². The van der Waals surface area contributed by atoms with Gasteiger partial charge in [-0.25, -0.2) is 13.2 Å². The Hall–Kier alpha value is -2.74. The Morgan fingerprint density at radius 1 is 1.20 bits per heavy atom. The van der Waals surface area contributed by atoms with Gasteiger partial charge >= 0.3 is 0 Å². The summed E-state index contributed by atoms with van der Waals surface area (Å²) >= 11 is 0. The number of piperidine rings is 1. The topological polar surface area (TPSA) is 50.8 Å².